The Labute approximate surface area is 239 Å². The van der Waals surface area contributed by atoms with E-state index in [2.05, 4.69) is 15.3 Å². The molecule has 1 saturated carbocycles. The van der Waals surface area contributed by atoms with Crippen LogP contribution >= 0.6 is 11.3 Å². The van der Waals surface area contributed by atoms with Gasteiger partial charge in [0.2, 0.25) is 15.9 Å². The fraction of sp³-hybridized carbons (Fsp3) is 0.448. The maximum Gasteiger partial charge on any atom is 0.279 e. The van der Waals surface area contributed by atoms with Gasteiger partial charge >= 0.3 is 0 Å². The Morgan fingerprint density at radius 1 is 0.950 bits per heavy atom. The molecule has 40 heavy (non-hydrogen) atoms. The Morgan fingerprint density at radius 2 is 1.65 bits per heavy atom. The number of nitrogens with one attached hydrogen (secondary N) is 1. The summed E-state index contributed by atoms with van der Waals surface area (Å²) in [5.74, 6) is -0.763. The van der Waals surface area contributed by atoms with Crippen molar-refractivity contribution in [1.29, 1.82) is 0 Å². The van der Waals surface area contributed by atoms with E-state index in [1.54, 1.807) is 16.4 Å². The van der Waals surface area contributed by atoms with Crippen LogP contribution in [-0.2, 0) is 14.8 Å². The van der Waals surface area contributed by atoms with Crippen LogP contribution < -0.4 is 10.2 Å². The standard InChI is InChI=1S/C29H35N5O4S2/c35-28(32-22-9-4-3-5-10-22)27(26-11-8-20-39-26)34(29(36)25-21-30-16-17-31-25)23-12-14-24(15-13-23)40(37,38)33-18-6-1-2-7-19-33/h8,11-17,20-22,27H,1-7,9-10,18-19H2,(H,32,35)/t27-/m0/s1. The van der Waals surface area contributed by atoms with Crippen LogP contribution in [0.5, 0.6) is 0 Å². The molecule has 3 aromatic rings. The molecule has 0 spiro atoms. The molecule has 1 atom stereocenters. The minimum atomic E-state index is -3.67. The normalized spacial score (nSPS) is 18.0. The molecule has 1 saturated heterocycles. The van der Waals surface area contributed by atoms with Crippen LogP contribution in [0, 0.1) is 0 Å². The number of nitrogens with zero attached hydrogens (tertiary/aromatic N) is 4. The predicted molar refractivity (Wildman–Crippen MR) is 155 cm³/mol. The first kappa shape index (κ1) is 28.4. The Bertz CT molecular complexity index is 1370. The maximum atomic E-state index is 14.0. The summed E-state index contributed by atoms with van der Waals surface area (Å²) in [7, 11) is -3.67. The molecule has 2 fully saturated rings. The van der Waals surface area contributed by atoms with Crippen molar-refractivity contribution in [1.82, 2.24) is 19.6 Å². The van der Waals surface area contributed by atoms with Gasteiger partial charge in [-0.3, -0.25) is 19.5 Å². The summed E-state index contributed by atoms with van der Waals surface area (Å²) >= 11 is 1.39. The minimum Gasteiger partial charge on any atom is -0.351 e. The lowest BCUT2D eigenvalue weighted by molar-refractivity contribution is -0.123. The van der Waals surface area contributed by atoms with Crippen molar-refractivity contribution in [3.8, 4) is 0 Å². The van der Waals surface area contributed by atoms with Crippen LogP contribution in [0.15, 0.2) is 65.3 Å². The van der Waals surface area contributed by atoms with Gasteiger partial charge in [0.05, 0.1) is 11.1 Å². The molecule has 1 aliphatic carbocycles. The average Bonchev–Trinajstić information content (AvgIpc) is 3.36. The van der Waals surface area contributed by atoms with Crippen LogP contribution in [-0.4, -0.2) is 53.6 Å². The largest absolute Gasteiger partial charge is 0.351 e. The Morgan fingerprint density at radius 3 is 2.27 bits per heavy atom. The molecular weight excluding hydrogens is 546 g/mol. The molecule has 2 amide bonds. The molecule has 11 heteroatoms. The van der Waals surface area contributed by atoms with Crippen LogP contribution in [0.25, 0.3) is 0 Å². The number of carbonyl (C=O) groups is 2. The first-order valence-corrected chi connectivity index (χ1v) is 16.3. The molecular formula is C29H35N5O4S2. The van der Waals surface area contributed by atoms with E-state index in [1.165, 1.54) is 47.0 Å². The van der Waals surface area contributed by atoms with Crippen molar-refractivity contribution >= 4 is 38.9 Å². The maximum absolute atomic E-state index is 14.0. The summed E-state index contributed by atoms with van der Waals surface area (Å²) in [6.07, 6.45) is 13.1. The SMILES string of the molecule is O=C(NC1CCCCC1)[C@H](c1cccs1)N(C(=O)c1cnccn1)c1ccc(S(=O)(=O)N2CCCCCC2)cc1. The molecule has 2 aromatic heterocycles. The van der Waals surface area contributed by atoms with Gasteiger partial charge < -0.3 is 5.32 Å². The van der Waals surface area contributed by atoms with Gasteiger partial charge in [0, 0.05) is 42.1 Å². The fourth-order valence-corrected chi connectivity index (χ4v) is 7.80. The summed E-state index contributed by atoms with van der Waals surface area (Å²) in [6.45, 7) is 1.01. The highest BCUT2D eigenvalue weighted by molar-refractivity contribution is 7.89. The second-order valence-corrected chi connectivity index (χ2v) is 13.3. The van der Waals surface area contributed by atoms with Crippen molar-refractivity contribution in [2.45, 2.75) is 74.8 Å². The van der Waals surface area contributed by atoms with Crippen molar-refractivity contribution in [2.75, 3.05) is 18.0 Å². The van der Waals surface area contributed by atoms with Gasteiger partial charge in [-0.15, -0.1) is 11.3 Å². The molecule has 1 aliphatic heterocycles. The van der Waals surface area contributed by atoms with Gasteiger partial charge in [-0.1, -0.05) is 38.2 Å². The lowest BCUT2D eigenvalue weighted by atomic mass is 9.95. The molecule has 0 radical (unpaired) electrons. The van der Waals surface area contributed by atoms with Gasteiger partial charge in [-0.25, -0.2) is 13.4 Å². The van der Waals surface area contributed by atoms with Gasteiger partial charge in [0.15, 0.2) is 6.04 Å². The van der Waals surface area contributed by atoms with Gasteiger partial charge in [-0.2, -0.15) is 4.31 Å². The van der Waals surface area contributed by atoms with E-state index in [0.717, 1.165) is 57.8 Å². The van der Waals surface area contributed by atoms with E-state index in [0.29, 0.717) is 23.7 Å². The number of rotatable bonds is 8. The third-order valence-corrected chi connectivity index (χ3v) is 10.4. The van der Waals surface area contributed by atoms with Gasteiger partial charge in [0.25, 0.3) is 5.91 Å². The second-order valence-electron chi connectivity index (χ2n) is 10.3. The number of carbonyl (C=O) groups excluding carboxylic acids is 2. The lowest BCUT2D eigenvalue weighted by Crippen LogP contribution is -2.47. The average molecular weight is 582 g/mol. The van der Waals surface area contributed by atoms with E-state index in [1.807, 2.05) is 17.5 Å². The predicted octanol–water partition coefficient (Wildman–Crippen LogP) is 4.94. The highest BCUT2D eigenvalue weighted by Crippen LogP contribution is 2.33. The Hall–Kier alpha value is -3.15. The molecule has 212 valence electrons. The zero-order chi connectivity index (χ0) is 28.0. The zero-order valence-electron chi connectivity index (χ0n) is 22.4. The fourth-order valence-electron chi connectivity index (χ4n) is 5.47. The van der Waals surface area contributed by atoms with E-state index < -0.39 is 22.0 Å². The number of aromatic nitrogens is 2. The number of hydrogen-bond acceptors (Lipinski definition) is 7. The first-order valence-electron chi connectivity index (χ1n) is 14.0. The zero-order valence-corrected chi connectivity index (χ0v) is 24.1. The van der Waals surface area contributed by atoms with E-state index in [4.69, 9.17) is 0 Å². The molecule has 3 heterocycles. The summed E-state index contributed by atoms with van der Waals surface area (Å²) in [5, 5.41) is 5.06. The van der Waals surface area contributed by atoms with Crippen molar-refractivity contribution in [2.24, 2.45) is 0 Å². The van der Waals surface area contributed by atoms with E-state index in [-0.39, 0.29) is 22.5 Å². The lowest BCUT2D eigenvalue weighted by Gasteiger charge is -2.32. The van der Waals surface area contributed by atoms with E-state index >= 15 is 0 Å². The minimum absolute atomic E-state index is 0.0540. The molecule has 2 aliphatic rings. The Balaban J connectivity index is 1.52. The van der Waals surface area contributed by atoms with Crippen LogP contribution in [0.3, 0.4) is 0 Å². The van der Waals surface area contributed by atoms with Crippen LogP contribution in [0.1, 0.15) is 79.2 Å². The molecule has 0 bridgehead atoms. The third kappa shape index (κ3) is 6.42. The summed E-state index contributed by atoms with van der Waals surface area (Å²) in [6, 6.07) is 9.05. The second kappa shape index (κ2) is 13.0. The molecule has 5 rings (SSSR count). The van der Waals surface area contributed by atoms with Crippen LogP contribution in [0.4, 0.5) is 5.69 Å². The first-order chi connectivity index (χ1) is 19.4. The quantitative estimate of drug-likeness (QED) is 0.403. The molecule has 1 aromatic carbocycles. The summed E-state index contributed by atoms with van der Waals surface area (Å²) in [5.41, 5.74) is 0.499. The van der Waals surface area contributed by atoms with Crippen molar-refractivity contribution in [3.05, 3.63) is 70.9 Å². The van der Waals surface area contributed by atoms with Crippen LogP contribution in [0.2, 0.25) is 0 Å². The number of anilines is 1. The topological polar surface area (TPSA) is 113 Å². The Kier molecular flexibility index (Phi) is 9.23. The van der Waals surface area contributed by atoms with Gasteiger partial charge in [-0.05, 0) is 61.4 Å². The highest BCUT2D eigenvalue weighted by Gasteiger charge is 2.36. The number of hydrogen-bond donors (Lipinski definition) is 1. The van der Waals surface area contributed by atoms with E-state index in [9.17, 15) is 18.0 Å². The highest BCUT2D eigenvalue weighted by atomic mass is 32.2. The summed E-state index contributed by atoms with van der Waals surface area (Å²) in [4.78, 5) is 38.4. The third-order valence-electron chi connectivity index (χ3n) is 7.59. The number of amides is 2. The smallest absolute Gasteiger partial charge is 0.279 e. The number of sulfonamides is 1. The number of benzene rings is 1. The molecule has 9 nitrogen and oxygen atoms in total. The number of thiophene rings is 1. The summed E-state index contributed by atoms with van der Waals surface area (Å²) < 4.78 is 28.3. The van der Waals surface area contributed by atoms with Crippen molar-refractivity contribution < 1.29 is 18.0 Å². The monoisotopic (exact) mass is 581 g/mol. The van der Waals surface area contributed by atoms with Gasteiger partial charge in [0.1, 0.15) is 5.69 Å². The van der Waals surface area contributed by atoms with Crippen molar-refractivity contribution in [3.63, 3.8) is 0 Å². The molecule has 0 unspecified atom stereocenters. The molecule has 1 N–H and O–H groups in total.